The highest BCUT2D eigenvalue weighted by Crippen LogP contribution is 2.34. The molecule has 0 aliphatic heterocycles. The Morgan fingerprint density at radius 3 is 2.88 bits per heavy atom. The van der Waals surface area contributed by atoms with Crippen molar-refractivity contribution in [2.45, 2.75) is 32.6 Å². The molecule has 32 heavy (non-hydrogen) atoms. The van der Waals surface area contributed by atoms with Crippen LogP contribution >= 0.6 is 0 Å². The van der Waals surface area contributed by atoms with Crippen molar-refractivity contribution in [3.05, 3.63) is 53.9 Å². The number of H-pyrrole nitrogens is 1. The number of fused-ring (bicyclic) bond motifs is 1. The lowest BCUT2D eigenvalue weighted by Gasteiger charge is -2.21. The van der Waals surface area contributed by atoms with E-state index in [1.807, 2.05) is 25.1 Å². The predicted molar refractivity (Wildman–Crippen MR) is 132 cm³/mol. The SMILES string of the molecule is CCCS(=O)(=O)CC1CC=C(c2cc3c(Nc4ccc(N)c(C=N)c4)ccnc3[nH]2)CC1. The van der Waals surface area contributed by atoms with Gasteiger partial charge in [-0.2, -0.15) is 0 Å². The maximum absolute atomic E-state index is 12.2. The summed E-state index contributed by atoms with van der Waals surface area (Å²) in [4.78, 5) is 7.89. The molecule has 3 aromatic rings. The number of sulfone groups is 1. The van der Waals surface area contributed by atoms with Crippen LogP contribution in [0.5, 0.6) is 0 Å². The lowest BCUT2D eigenvalue weighted by molar-refractivity contribution is 0.516. The van der Waals surface area contributed by atoms with E-state index in [1.165, 1.54) is 11.8 Å². The van der Waals surface area contributed by atoms with Crippen LogP contribution in [-0.4, -0.2) is 36.1 Å². The summed E-state index contributed by atoms with van der Waals surface area (Å²) in [6.07, 6.45) is 8.35. The number of nitrogens with one attached hydrogen (secondary N) is 3. The zero-order valence-corrected chi connectivity index (χ0v) is 19.0. The lowest BCUT2D eigenvalue weighted by atomic mass is 9.89. The minimum Gasteiger partial charge on any atom is -0.398 e. The monoisotopic (exact) mass is 451 g/mol. The molecule has 2 heterocycles. The van der Waals surface area contributed by atoms with E-state index >= 15 is 0 Å². The summed E-state index contributed by atoms with van der Waals surface area (Å²) < 4.78 is 24.3. The zero-order valence-electron chi connectivity index (χ0n) is 18.2. The fourth-order valence-electron chi connectivity index (χ4n) is 4.28. The van der Waals surface area contributed by atoms with Crippen LogP contribution in [0.3, 0.4) is 0 Å². The van der Waals surface area contributed by atoms with Gasteiger partial charge in [-0.15, -0.1) is 0 Å². The summed E-state index contributed by atoms with van der Waals surface area (Å²) in [7, 11) is -2.95. The highest BCUT2D eigenvalue weighted by Gasteiger charge is 2.22. The third-order valence-corrected chi connectivity index (χ3v) is 7.93. The number of anilines is 3. The van der Waals surface area contributed by atoms with Crippen molar-refractivity contribution in [1.82, 2.24) is 9.97 Å². The van der Waals surface area contributed by atoms with Gasteiger partial charge in [0.2, 0.25) is 0 Å². The topological polar surface area (TPSA) is 125 Å². The first kappa shape index (κ1) is 22.1. The molecule has 5 N–H and O–H groups in total. The van der Waals surface area contributed by atoms with Crippen molar-refractivity contribution in [1.29, 1.82) is 5.41 Å². The molecule has 1 aromatic carbocycles. The molecule has 0 bridgehead atoms. The molecule has 0 fully saturated rings. The zero-order chi connectivity index (χ0) is 22.7. The Labute approximate surface area is 188 Å². The molecular weight excluding hydrogens is 422 g/mol. The van der Waals surface area contributed by atoms with E-state index in [1.54, 1.807) is 12.3 Å². The molecule has 1 atom stereocenters. The van der Waals surface area contributed by atoms with E-state index < -0.39 is 9.84 Å². The van der Waals surface area contributed by atoms with Gasteiger partial charge in [-0.25, -0.2) is 13.4 Å². The lowest BCUT2D eigenvalue weighted by Crippen LogP contribution is -2.20. The van der Waals surface area contributed by atoms with Crippen LogP contribution in [0.2, 0.25) is 0 Å². The number of rotatable bonds is 8. The summed E-state index contributed by atoms with van der Waals surface area (Å²) in [6, 6.07) is 9.54. The van der Waals surface area contributed by atoms with E-state index in [0.717, 1.165) is 47.4 Å². The number of hydrogen-bond acceptors (Lipinski definition) is 6. The van der Waals surface area contributed by atoms with Gasteiger partial charge in [0.15, 0.2) is 9.84 Å². The number of nitrogen functional groups attached to an aromatic ring is 1. The second kappa shape index (κ2) is 9.16. The average molecular weight is 452 g/mol. The van der Waals surface area contributed by atoms with E-state index in [2.05, 4.69) is 27.4 Å². The molecule has 7 nitrogen and oxygen atoms in total. The molecule has 2 aromatic heterocycles. The van der Waals surface area contributed by atoms with Gasteiger partial charge >= 0.3 is 0 Å². The molecule has 0 spiro atoms. The summed E-state index contributed by atoms with van der Waals surface area (Å²) in [5.41, 5.74) is 11.9. The second-order valence-electron chi connectivity index (χ2n) is 8.40. The molecule has 4 rings (SSSR count). The number of aromatic amines is 1. The summed E-state index contributed by atoms with van der Waals surface area (Å²) in [6.45, 7) is 1.91. The van der Waals surface area contributed by atoms with Gasteiger partial charge in [-0.1, -0.05) is 13.0 Å². The Morgan fingerprint density at radius 1 is 1.31 bits per heavy atom. The normalized spacial score (nSPS) is 16.7. The maximum atomic E-state index is 12.2. The first-order valence-corrected chi connectivity index (χ1v) is 12.7. The van der Waals surface area contributed by atoms with Gasteiger partial charge < -0.3 is 21.4 Å². The van der Waals surface area contributed by atoms with Gasteiger partial charge in [0.05, 0.1) is 11.4 Å². The minimum atomic E-state index is -2.95. The van der Waals surface area contributed by atoms with Crippen molar-refractivity contribution in [2.24, 2.45) is 5.92 Å². The van der Waals surface area contributed by atoms with Gasteiger partial charge in [-0.05, 0) is 67.5 Å². The second-order valence-corrected chi connectivity index (χ2v) is 10.6. The van der Waals surface area contributed by atoms with Gasteiger partial charge in [0, 0.05) is 46.2 Å². The van der Waals surface area contributed by atoms with Crippen LogP contribution < -0.4 is 11.1 Å². The number of benzene rings is 1. The largest absolute Gasteiger partial charge is 0.398 e. The highest BCUT2D eigenvalue weighted by molar-refractivity contribution is 7.91. The fraction of sp³-hybridized carbons (Fsp3) is 0.333. The molecular formula is C24H29N5O2S. The molecule has 0 radical (unpaired) electrons. The van der Waals surface area contributed by atoms with Crippen molar-refractivity contribution in [3.63, 3.8) is 0 Å². The third kappa shape index (κ3) is 4.85. The molecule has 1 aliphatic carbocycles. The third-order valence-electron chi connectivity index (χ3n) is 5.92. The van der Waals surface area contributed by atoms with Crippen molar-refractivity contribution in [3.8, 4) is 0 Å². The van der Waals surface area contributed by atoms with Crippen molar-refractivity contribution in [2.75, 3.05) is 22.6 Å². The van der Waals surface area contributed by atoms with Crippen LogP contribution in [0.15, 0.2) is 42.6 Å². The van der Waals surface area contributed by atoms with Crippen LogP contribution in [0, 0.1) is 11.3 Å². The van der Waals surface area contributed by atoms with Crippen molar-refractivity contribution >= 4 is 49.7 Å². The number of allylic oxidation sites excluding steroid dienone is 2. The number of nitrogens with zero attached hydrogens (tertiary/aromatic N) is 1. The number of aromatic nitrogens is 2. The summed E-state index contributed by atoms with van der Waals surface area (Å²) in [5, 5.41) is 11.9. The Bertz CT molecular complexity index is 1280. The average Bonchev–Trinajstić information content (AvgIpc) is 3.20. The van der Waals surface area contributed by atoms with Gasteiger partial charge in [-0.3, -0.25) is 0 Å². The Balaban J connectivity index is 1.54. The number of pyridine rings is 1. The molecule has 0 saturated carbocycles. The van der Waals surface area contributed by atoms with E-state index in [4.69, 9.17) is 11.1 Å². The van der Waals surface area contributed by atoms with Crippen LogP contribution in [0.4, 0.5) is 17.1 Å². The number of nitrogens with two attached hydrogens (primary N) is 1. The first-order chi connectivity index (χ1) is 15.4. The molecule has 1 aliphatic rings. The van der Waals surface area contributed by atoms with Crippen LogP contribution in [0.1, 0.15) is 43.9 Å². The smallest absolute Gasteiger partial charge is 0.150 e. The summed E-state index contributed by atoms with van der Waals surface area (Å²) in [5.74, 6) is 0.758. The minimum absolute atomic E-state index is 0.198. The molecule has 0 saturated heterocycles. The summed E-state index contributed by atoms with van der Waals surface area (Å²) >= 11 is 0. The van der Waals surface area contributed by atoms with Crippen molar-refractivity contribution < 1.29 is 8.42 Å². The molecule has 1 unspecified atom stereocenters. The fourth-order valence-corrected chi connectivity index (χ4v) is 6.09. The standard InChI is InChI=1S/C24H29N5O2S/c1-2-11-32(30,31)15-16-3-5-17(6-4-16)23-13-20-22(9-10-27-24(20)29-23)28-19-7-8-21(26)18(12-19)14-25/h5,7-10,12-14,16,25H,2-4,6,11,15,26H2,1H3,(H2,27,28,29). The van der Waals surface area contributed by atoms with Gasteiger partial charge in [0.1, 0.15) is 5.65 Å². The van der Waals surface area contributed by atoms with Crippen LogP contribution in [0.25, 0.3) is 16.6 Å². The predicted octanol–water partition coefficient (Wildman–Crippen LogP) is 4.89. The molecule has 168 valence electrons. The first-order valence-electron chi connectivity index (χ1n) is 10.9. The molecule has 0 amide bonds. The highest BCUT2D eigenvalue weighted by atomic mass is 32.2. The maximum Gasteiger partial charge on any atom is 0.150 e. The Morgan fingerprint density at radius 2 is 2.16 bits per heavy atom. The van der Waals surface area contributed by atoms with E-state index in [0.29, 0.717) is 17.7 Å². The molecule has 8 heteroatoms. The Kier molecular flexibility index (Phi) is 6.32. The van der Waals surface area contributed by atoms with E-state index in [9.17, 15) is 8.42 Å². The quantitative estimate of drug-likeness (QED) is 0.286. The number of hydrogen-bond donors (Lipinski definition) is 4. The van der Waals surface area contributed by atoms with Gasteiger partial charge in [0.25, 0.3) is 0 Å². The van der Waals surface area contributed by atoms with E-state index in [-0.39, 0.29) is 17.4 Å². The Hall–Kier alpha value is -3.13. The van der Waals surface area contributed by atoms with Crippen LogP contribution in [-0.2, 0) is 9.84 Å².